The molecule has 3 aliphatic rings. The molecule has 9 heteroatoms. The van der Waals surface area contributed by atoms with Gasteiger partial charge in [-0.1, -0.05) is 42.8 Å². The van der Waals surface area contributed by atoms with Gasteiger partial charge in [0, 0.05) is 23.5 Å². The zero-order valence-electron chi connectivity index (χ0n) is 27.6. The first-order chi connectivity index (χ1) is 21.7. The average Bonchev–Trinajstić information content (AvgIpc) is 3.11. The van der Waals surface area contributed by atoms with Gasteiger partial charge in [-0.3, -0.25) is 4.79 Å². The van der Waals surface area contributed by atoms with Crippen LogP contribution in [0.4, 0.5) is 5.69 Å². The summed E-state index contributed by atoms with van der Waals surface area (Å²) in [6, 6.07) is 11.0. The number of halogens is 1. The first kappa shape index (κ1) is 34.3. The van der Waals surface area contributed by atoms with Gasteiger partial charge >= 0.3 is 11.9 Å². The zero-order chi connectivity index (χ0) is 33.4. The van der Waals surface area contributed by atoms with Gasteiger partial charge in [-0.25, -0.2) is 4.79 Å². The first-order valence-corrected chi connectivity index (χ1v) is 16.9. The molecule has 0 amide bonds. The fraction of sp³-hybridized carbons (Fsp3) is 0.568. The van der Waals surface area contributed by atoms with E-state index in [9.17, 15) is 24.9 Å². The number of allylic oxidation sites excluding steroid dienone is 1. The minimum Gasteiger partial charge on any atom is -0.490 e. The van der Waals surface area contributed by atoms with Gasteiger partial charge < -0.3 is 29.7 Å². The van der Waals surface area contributed by atoms with Crippen LogP contribution in [0.15, 0.2) is 48.6 Å². The second-order valence-electron chi connectivity index (χ2n) is 14.4. The highest BCUT2D eigenvalue weighted by molar-refractivity contribution is 6.30. The lowest BCUT2D eigenvalue weighted by Gasteiger charge is -2.45. The molecule has 1 aliphatic heterocycles. The lowest BCUT2D eigenvalue weighted by atomic mass is 9.68. The standard InChI is InChI=1S/C37H48ClNO7/c1-6-9-31(40)27-14-11-24(27)20-39-21-36(17-8-10-23-18-26(38)13-15-29(23)36)22-45-32-16-12-25(19-30(32)39)37(44,34(42)43)28(7-2)33(41)46-35(3,4)5/h6,9,12-13,15-16,18-19,24,27-28,31,40,44H,7-8,10-11,14,17,20-22H2,1-5H3,(H,42,43)/b9-6+/t24-,27+,28-,31-,36-,37-/m0/s1. The minimum absolute atomic E-state index is 0.0596. The average molecular weight is 654 g/mol. The van der Waals surface area contributed by atoms with Crippen LogP contribution in [0.5, 0.6) is 5.75 Å². The molecule has 1 spiro atoms. The molecule has 2 aliphatic carbocycles. The number of nitrogens with zero attached hydrogens (tertiary/aromatic N) is 1. The maximum absolute atomic E-state index is 13.3. The summed E-state index contributed by atoms with van der Waals surface area (Å²) in [5.41, 5.74) is -0.549. The van der Waals surface area contributed by atoms with Crippen molar-refractivity contribution in [3.8, 4) is 5.75 Å². The monoisotopic (exact) mass is 653 g/mol. The van der Waals surface area contributed by atoms with Crippen LogP contribution < -0.4 is 9.64 Å². The van der Waals surface area contributed by atoms with Crippen LogP contribution in [0.25, 0.3) is 0 Å². The summed E-state index contributed by atoms with van der Waals surface area (Å²) < 4.78 is 12.1. The molecule has 5 rings (SSSR count). The lowest BCUT2D eigenvalue weighted by Crippen LogP contribution is -2.50. The van der Waals surface area contributed by atoms with E-state index in [1.54, 1.807) is 45.9 Å². The Morgan fingerprint density at radius 1 is 1.20 bits per heavy atom. The van der Waals surface area contributed by atoms with Gasteiger partial charge in [0.1, 0.15) is 17.3 Å². The molecule has 6 atom stereocenters. The Morgan fingerprint density at radius 3 is 2.59 bits per heavy atom. The Morgan fingerprint density at radius 2 is 1.96 bits per heavy atom. The number of anilines is 1. The Labute approximate surface area is 277 Å². The number of aliphatic hydroxyl groups excluding tert-OH is 1. The molecule has 1 fully saturated rings. The van der Waals surface area contributed by atoms with Crippen LogP contribution in [-0.4, -0.2) is 58.7 Å². The third-order valence-corrected chi connectivity index (χ3v) is 10.4. The Kier molecular flexibility index (Phi) is 9.84. The number of hydrogen-bond acceptors (Lipinski definition) is 7. The predicted molar refractivity (Wildman–Crippen MR) is 178 cm³/mol. The molecule has 2 aromatic carbocycles. The van der Waals surface area contributed by atoms with Gasteiger partial charge in [-0.15, -0.1) is 0 Å². The number of aliphatic hydroxyl groups is 2. The molecule has 0 bridgehead atoms. The second kappa shape index (κ2) is 13.2. The van der Waals surface area contributed by atoms with Crippen LogP contribution in [0.2, 0.25) is 5.02 Å². The minimum atomic E-state index is -2.53. The van der Waals surface area contributed by atoms with E-state index >= 15 is 0 Å². The number of carboxylic acid groups (broad SMARTS) is 1. The van der Waals surface area contributed by atoms with E-state index in [-0.39, 0.29) is 29.2 Å². The first-order valence-electron chi connectivity index (χ1n) is 16.5. The van der Waals surface area contributed by atoms with Crippen molar-refractivity contribution in [2.45, 2.75) is 95.9 Å². The number of aliphatic carboxylic acids is 1. The van der Waals surface area contributed by atoms with Crippen molar-refractivity contribution in [1.29, 1.82) is 0 Å². The van der Waals surface area contributed by atoms with Gasteiger partial charge in [-0.2, -0.15) is 0 Å². The number of rotatable bonds is 9. The SMILES string of the molecule is C/C=C/[C@H](O)[C@@H]1CC[C@H]1CN1C[C@@]2(CCCc3cc(Cl)ccc32)COc2ccc([C@@](O)(C(=O)O)[C@@H](CC)C(=O)OC(C)(C)C)cc21. The largest absolute Gasteiger partial charge is 0.490 e. The van der Waals surface area contributed by atoms with E-state index in [0.717, 1.165) is 32.1 Å². The van der Waals surface area contributed by atoms with Crippen molar-refractivity contribution in [2.24, 2.45) is 17.8 Å². The fourth-order valence-electron chi connectivity index (χ4n) is 7.72. The molecule has 0 saturated heterocycles. The zero-order valence-corrected chi connectivity index (χ0v) is 28.3. The highest BCUT2D eigenvalue weighted by Crippen LogP contribution is 2.48. The van der Waals surface area contributed by atoms with E-state index in [1.807, 2.05) is 31.2 Å². The van der Waals surface area contributed by atoms with Crippen molar-refractivity contribution in [1.82, 2.24) is 0 Å². The van der Waals surface area contributed by atoms with Crippen molar-refractivity contribution in [2.75, 3.05) is 24.6 Å². The van der Waals surface area contributed by atoms with Crippen LogP contribution in [0.1, 0.15) is 83.4 Å². The highest BCUT2D eigenvalue weighted by Gasteiger charge is 2.51. The summed E-state index contributed by atoms with van der Waals surface area (Å²) in [6.45, 7) is 10.4. The maximum Gasteiger partial charge on any atom is 0.341 e. The van der Waals surface area contributed by atoms with Gasteiger partial charge in [0.2, 0.25) is 5.60 Å². The Hall–Kier alpha value is -3.07. The summed E-state index contributed by atoms with van der Waals surface area (Å²) in [4.78, 5) is 28.4. The summed E-state index contributed by atoms with van der Waals surface area (Å²) in [6.07, 6.45) is 7.93. The van der Waals surface area contributed by atoms with Gasteiger partial charge in [0.15, 0.2) is 0 Å². The van der Waals surface area contributed by atoms with E-state index in [0.29, 0.717) is 36.2 Å². The van der Waals surface area contributed by atoms with Crippen LogP contribution in [-0.2, 0) is 31.8 Å². The van der Waals surface area contributed by atoms with Crippen molar-refractivity contribution in [3.63, 3.8) is 0 Å². The second-order valence-corrected chi connectivity index (χ2v) is 14.8. The Bertz CT molecular complexity index is 1480. The van der Waals surface area contributed by atoms with Gasteiger partial charge in [0.05, 0.1) is 18.4 Å². The summed E-state index contributed by atoms with van der Waals surface area (Å²) >= 11 is 6.41. The maximum atomic E-state index is 13.3. The number of esters is 1. The normalized spacial score (nSPS) is 25.3. The number of fused-ring (bicyclic) bond motifs is 3. The van der Waals surface area contributed by atoms with Crippen molar-refractivity contribution >= 4 is 29.2 Å². The van der Waals surface area contributed by atoms with E-state index in [1.165, 1.54) is 11.1 Å². The quantitative estimate of drug-likeness (QED) is 0.210. The summed E-state index contributed by atoms with van der Waals surface area (Å²) in [5, 5.41) is 34.0. The van der Waals surface area contributed by atoms with Crippen LogP contribution >= 0.6 is 11.6 Å². The highest BCUT2D eigenvalue weighted by atomic mass is 35.5. The number of carbonyl (C=O) groups excluding carboxylic acids is 1. The molecule has 1 heterocycles. The number of carboxylic acids is 1. The van der Waals surface area contributed by atoms with E-state index < -0.39 is 35.2 Å². The molecule has 46 heavy (non-hydrogen) atoms. The third-order valence-electron chi connectivity index (χ3n) is 10.2. The van der Waals surface area contributed by atoms with Crippen molar-refractivity contribution < 1.29 is 34.4 Å². The summed E-state index contributed by atoms with van der Waals surface area (Å²) in [5.74, 6) is -2.73. The van der Waals surface area contributed by atoms with Crippen molar-refractivity contribution in [3.05, 3.63) is 70.3 Å². The molecule has 1 saturated carbocycles. The van der Waals surface area contributed by atoms with Crippen LogP contribution in [0.3, 0.4) is 0 Å². The summed E-state index contributed by atoms with van der Waals surface area (Å²) in [7, 11) is 0. The third kappa shape index (κ3) is 6.54. The number of ether oxygens (including phenoxy) is 2. The van der Waals surface area contributed by atoms with Gasteiger partial charge in [0.25, 0.3) is 0 Å². The molecular formula is C37H48ClNO7. The number of hydrogen-bond donors (Lipinski definition) is 3. The number of benzene rings is 2. The predicted octanol–water partition coefficient (Wildman–Crippen LogP) is 6.42. The molecule has 8 nitrogen and oxygen atoms in total. The topological polar surface area (TPSA) is 117 Å². The molecule has 3 N–H and O–H groups in total. The number of aryl methyl sites for hydroxylation is 1. The molecule has 0 radical (unpaired) electrons. The molecule has 0 unspecified atom stereocenters. The van der Waals surface area contributed by atoms with E-state index in [2.05, 4.69) is 11.0 Å². The van der Waals surface area contributed by atoms with E-state index in [4.69, 9.17) is 21.1 Å². The molecule has 0 aromatic heterocycles. The Balaban J connectivity index is 1.59. The number of carbonyl (C=O) groups is 2. The van der Waals surface area contributed by atoms with Gasteiger partial charge in [-0.05, 0) is 119 Å². The smallest absolute Gasteiger partial charge is 0.341 e. The molecular weight excluding hydrogens is 606 g/mol. The fourth-order valence-corrected chi connectivity index (χ4v) is 7.92. The molecule has 250 valence electrons. The molecule has 2 aromatic rings. The van der Waals surface area contributed by atoms with Crippen LogP contribution in [0, 0.1) is 17.8 Å². The lowest BCUT2D eigenvalue weighted by molar-refractivity contribution is -0.184.